The second-order valence-electron chi connectivity index (χ2n) is 6.75. The van der Waals surface area contributed by atoms with E-state index in [1.54, 1.807) is 17.5 Å². The fourth-order valence-electron chi connectivity index (χ4n) is 3.42. The summed E-state index contributed by atoms with van der Waals surface area (Å²) in [5, 5.41) is 24.0. The van der Waals surface area contributed by atoms with Crippen molar-refractivity contribution in [1.82, 2.24) is 9.97 Å². The van der Waals surface area contributed by atoms with E-state index in [4.69, 9.17) is 11.5 Å². The molecule has 0 bridgehead atoms. The van der Waals surface area contributed by atoms with Crippen LogP contribution in [0.5, 0.6) is 0 Å². The lowest BCUT2D eigenvalue weighted by Gasteiger charge is -2.36. The van der Waals surface area contributed by atoms with Gasteiger partial charge in [0.25, 0.3) is 5.56 Å². The van der Waals surface area contributed by atoms with Gasteiger partial charge < -0.3 is 32.0 Å². The average Bonchev–Trinajstić information content (AvgIpc) is 3.23. The summed E-state index contributed by atoms with van der Waals surface area (Å²) in [6.07, 6.45) is 0.958. The van der Waals surface area contributed by atoms with E-state index >= 15 is 0 Å². The van der Waals surface area contributed by atoms with E-state index in [-0.39, 0.29) is 23.8 Å². The number of anilines is 1. The van der Waals surface area contributed by atoms with Crippen molar-refractivity contribution in [1.29, 1.82) is 0 Å². The Labute approximate surface area is 173 Å². The Kier molecular flexibility index (Phi) is 6.27. The Morgan fingerprint density at radius 2 is 2.17 bits per heavy atom. The molecule has 0 saturated heterocycles. The lowest BCUT2D eigenvalue weighted by Crippen LogP contribution is -2.50. The van der Waals surface area contributed by atoms with Gasteiger partial charge in [0.15, 0.2) is 0 Å². The minimum atomic E-state index is -1.85. The number of aromatic nitrogens is 2. The van der Waals surface area contributed by atoms with Crippen LogP contribution < -0.4 is 22.3 Å². The molecule has 0 saturated carbocycles. The van der Waals surface area contributed by atoms with E-state index < -0.39 is 29.3 Å². The second-order valence-corrected chi connectivity index (χ2v) is 8.95. The van der Waals surface area contributed by atoms with Gasteiger partial charge >= 0.3 is 11.9 Å². The Morgan fingerprint density at radius 3 is 2.76 bits per heavy atom. The highest BCUT2D eigenvalue weighted by atomic mass is 32.2. The van der Waals surface area contributed by atoms with Gasteiger partial charge in [-0.1, -0.05) is 6.07 Å². The van der Waals surface area contributed by atoms with Crippen LogP contribution in [0.1, 0.15) is 11.3 Å². The molecule has 3 heterocycles. The van der Waals surface area contributed by atoms with E-state index in [1.165, 1.54) is 18.1 Å². The smallest absolute Gasteiger partial charge is 0.329 e. The van der Waals surface area contributed by atoms with Crippen LogP contribution in [0.2, 0.25) is 0 Å². The Balaban J connectivity index is 1.91. The summed E-state index contributed by atoms with van der Waals surface area (Å²) in [5.74, 6) is -3.81. The quantitative estimate of drug-likeness (QED) is 0.335. The van der Waals surface area contributed by atoms with Crippen molar-refractivity contribution in [3.8, 4) is 0 Å². The number of nitrogens with zero attached hydrogens (tertiary/aromatic N) is 1. The number of rotatable bonds is 8. The summed E-state index contributed by atoms with van der Waals surface area (Å²) in [7, 11) is 0. The maximum Gasteiger partial charge on any atom is 0.329 e. The SMILES string of the molecule is NC[C@@H](C1CNc2nc[nH]c(=O)c2S1)C(CC(N)(C(=O)O)c1cccs1)C(=O)O. The van der Waals surface area contributed by atoms with Crippen LogP contribution in [-0.2, 0) is 15.1 Å². The number of hydrogen-bond donors (Lipinski definition) is 6. The normalized spacial score (nSPS) is 20.0. The van der Waals surface area contributed by atoms with E-state index in [0.29, 0.717) is 22.1 Å². The molecule has 0 amide bonds. The maximum atomic E-state index is 12.1. The highest BCUT2D eigenvalue weighted by Crippen LogP contribution is 2.40. The molecule has 4 atom stereocenters. The number of thioether (sulfide) groups is 1. The molecular formula is C17H21N5O5S2. The van der Waals surface area contributed by atoms with Crippen molar-refractivity contribution in [3.63, 3.8) is 0 Å². The third-order valence-electron chi connectivity index (χ3n) is 5.02. The lowest BCUT2D eigenvalue weighted by molar-refractivity contribution is -0.148. The molecule has 0 aliphatic carbocycles. The molecule has 3 rings (SSSR count). The van der Waals surface area contributed by atoms with Gasteiger partial charge in [0.05, 0.1) is 12.2 Å². The Bertz CT molecular complexity index is 950. The van der Waals surface area contributed by atoms with Crippen LogP contribution in [0.3, 0.4) is 0 Å². The van der Waals surface area contributed by atoms with Crippen molar-refractivity contribution in [2.24, 2.45) is 23.3 Å². The molecule has 1 aliphatic heterocycles. The first kappa shape index (κ1) is 21.3. The summed E-state index contributed by atoms with van der Waals surface area (Å²) in [6.45, 7) is 0.327. The minimum Gasteiger partial charge on any atom is -0.481 e. The van der Waals surface area contributed by atoms with Crippen molar-refractivity contribution >= 4 is 40.9 Å². The van der Waals surface area contributed by atoms with Crippen LogP contribution in [0.25, 0.3) is 0 Å². The van der Waals surface area contributed by atoms with Gasteiger partial charge in [-0.2, -0.15) is 0 Å². The van der Waals surface area contributed by atoms with Crippen LogP contribution in [-0.4, -0.2) is 50.5 Å². The first-order valence-corrected chi connectivity index (χ1v) is 10.5. The standard InChI is InChI=1S/C17H21N5O5S2/c18-5-9(10-6-20-13-12(29-10)14(23)22-7-21-13)8(15(24)25)4-17(19,16(26)27)11-2-1-3-28-11/h1-3,7-10H,4-6,18-19H2,(H,24,25)(H,26,27)(H2,20,21,22,23)/t8?,9-,10?,17?/m1/s1. The first-order chi connectivity index (χ1) is 13.8. The summed E-state index contributed by atoms with van der Waals surface area (Å²) in [6, 6.07) is 3.24. The molecule has 156 valence electrons. The molecule has 1 aliphatic rings. The third kappa shape index (κ3) is 4.15. The molecule has 0 aromatic carbocycles. The molecule has 8 N–H and O–H groups in total. The van der Waals surface area contributed by atoms with Crippen molar-refractivity contribution in [3.05, 3.63) is 39.1 Å². The molecule has 0 radical (unpaired) electrons. The minimum absolute atomic E-state index is 0.00997. The number of nitrogens with two attached hydrogens (primary N) is 2. The summed E-state index contributed by atoms with van der Waals surface area (Å²) in [4.78, 5) is 43.4. The molecule has 0 fully saturated rings. The molecule has 3 unspecified atom stereocenters. The number of hydrogen-bond acceptors (Lipinski definition) is 9. The molecule has 12 heteroatoms. The molecule has 0 spiro atoms. The Hall–Kier alpha value is -2.41. The van der Waals surface area contributed by atoms with Crippen molar-refractivity contribution in [2.45, 2.75) is 22.1 Å². The fraction of sp³-hybridized carbons (Fsp3) is 0.412. The van der Waals surface area contributed by atoms with Crippen molar-refractivity contribution < 1.29 is 19.8 Å². The van der Waals surface area contributed by atoms with Gasteiger partial charge in [0, 0.05) is 16.7 Å². The van der Waals surface area contributed by atoms with Gasteiger partial charge in [0.1, 0.15) is 16.3 Å². The molecule has 10 nitrogen and oxygen atoms in total. The first-order valence-electron chi connectivity index (χ1n) is 8.75. The number of thiophene rings is 1. The fourth-order valence-corrected chi connectivity index (χ4v) is 5.61. The highest BCUT2D eigenvalue weighted by Gasteiger charge is 2.46. The number of fused-ring (bicyclic) bond motifs is 1. The highest BCUT2D eigenvalue weighted by molar-refractivity contribution is 8.00. The van der Waals surface area contributed by atoms with Gasteiger partial charge in [-0.25, -0.2) is 9.78 Å². The van der Waals surface area contributed by atoms with Gasteiger partial charge in [-0.3, -0.25) is 9.59 Å². The van der Waals surface area contributed by atoms with E-state index in [2.05, 4.69) is 15.3 Å². The van der Waals surface area contributed by atoms with Crippen molar-refractivity contribution in [2.75, 3.05) is 18.4 Å². The summed E-state index contributed by atoms with van der Waals surface area (Å²) in [5.41, 5.74) is 9.92. The van der Waals surface area contributed by atoms with E-state index in [1.807, 2.05) is 0 Å². The molecule has 2 aromatic heterocycles. The zero-order chi connectivity index (χ0) is 21.2. The lowest BCUT2D eigenvalue weighted by atomic mass is 9.78. The number of aromatic amines is 1. The predicted molar refractivity (Wildman–Crippen MR) is 109 cm³/mol. The van der Waals surface area contributed by atoms with Crippen LogP contribution in [0, 0.1) is 11.8 Å². The second kappa shape index (κ2) is 8.53. The number of carboxylic acid groups (broad SMARTS) is 2. The predicted octanol–water partition coefficient (Wildman–Crippen LogP) is 0.322. The van der Waals surface area contributed by atoms with Crippen LogP contribution in [0.4, 0.5) is 5.82 Å². The third-order valence-corrected chi connectivity index (χ3v) is 7.50. The van der Waals surface area contributed by atoms with Crippen LogP contribution >= 0.6 is 23.1 Å². The van der Waals surface area contributed by atoms with Gasteiger partial charge in [-0.15, -0.1) is 23.1 Å². The summed E-state index contributed by atoms with van der Waals surface area (Å²) >= 11 is 2.35. The topological polar surface area (TPSA) is 184 Å². The Morgan fingerprint density at radius 1 is 1.41 bits per heavy atom. The number of H-pyrrole nitrogens is 1. The largest absolute Gasteiger partial charge is 0.481 e. The van der Waals surface area contributed by atoms with Gasteiger partial charge in [0.2, 0.25) is 0 Å². The van der Waals surface area contributed by atoms with Crippen LogP contribution in [0.15, 0.2) is 33.5 Å². The molecular weight excluding hydrogens is 418 g/mol. The zero-order valence-corrected chi connectivity index (χ0v) is 16.8. The number of carboxylic acids is 2. The monoisotopic (exact) mass is 439 g/mol. The molecule has 2 aromatic rings. The van der Waals surface area contributed by atoms with E-state index in [0.717, 1.165) is 11.3 Å². The average molecular weight is 440 g/mol. The summed E-state index contributed by atoms with van der Waals surface area (Å²) < 4.78 is 0. The van der Waals surface area contributed by atoms with E-state index in [9.17, 15) is 24.6 Å². The zero-order valence-electron chi connectivity index (χ0n) is 15.2. The molecule has 29 heavy (non-hydrogen) atoms. The maximum absolute atomic E-state index is 12.1. The number of nitrogens with one attached hydrogen (secondary N) is 2. The number of aliphatic carboxylic acids is 2. The number of carbonyl (C=O) groups is 2. The van der Waals surface area contributed by atoms with Gasteiger partial charge in [-0.05, 0) is 30.3 Å².